The second-order valence-corrected chi connectivity index (χ2v) is 8.59. The summed E-state index contributed by atoms with van der Waals surface area (Å²) in [6, 6.07) is 8.79. The van der Waals surface area contributed by atoms with Gasteiger partial charge in [-0.1, -0.05) is 56.0 Å². The van der Waals surface area contributed by atoms with Crippen molar-refractivity contribution < 1.29 is 9.53 Å². The molecule has 0 N–H and O–H groups in total. The quantitative estimate of drug-likeness (QED) is 0.432. The summed E-state index contributed by atoms with van der Waals surface area (Å²) in [5.41, 5.74) is 1.82. The molecule has 0 atom stereocenters. The number of rotatable bonds is 6. The van der Waals surface area contributed by atoms with Gasteiger partial charge in [0.25, 0.3) is 0 Å². The number of hydrogen-bond donors (Lipinski definition) is 0. The summed E-state index contributed by atoms with van der Waals surface area (Å²) < 4.78 is 6.37. The van der Waals surface area contributed by atoms with Crippen LogP contribution < -0.4 is 0 Å². The minimum absolute atomic E-state index is 0.0369. The van der Waals surface area contributed by atoms with Crippen LogP contribution in [-0.4, -0.2) is 5.97 Å². The van der Waals surface area contributed by atoms with E-state index in [2.05, 4.69) is 37.8 Å². The average molecular weight is 355 g/mol. The number of allylic oxidation sites excluding steroid dienone is 1. The van der Waals surface area contributed by atoms with Crippen molar-refractivity contribution in [1.82, 2.24) is 0 Å². The van der Waals surface area contributed by atoms with Crippen molar-refractivity contribution in [2.75, 3.05) is 0 Å². The highest BCUT2D eigenvalue weighted by atomic mass is 16.6. The van der Waals surface area contributed by atoms with Gasteiger partial charge in [0, 0.05) is 0 Å². The van der Waals surface area contributed by atoms with E-state index in [9.17, 15) is 4.79 Å². The lowest BCUT2D eigenvalue weighted by atomic mass is 9.74. The molecule has 2 nitrogen and oxygen atoms in total. The summed E-state index contributed by atoms with van der Waals surface area (Å²) in [4.78, 5) is 13.1. The predicted octanol–water partition coefficient (Wildman–Crippen LogP) is 6.48. The lowest BCUT2D eigenvalue weighted by molar-refractivity contribution is -0.179. The summed E-state index contributed by atoms with van der Waals surface area (Å²) >= 11 is 0. The van der Waals surface area contributed by atoms with E-state index in [1.807, 2.05) is 6.08 Å². The van der Waals surface area contributed by atoms with E-state index in [1.165, 1.54) is 24.0 Å². The van der Waals surface area contributed by atoms with Crippen LogP contribution in [-0.2, 0) is 21.6 Å². The Bertz CT molecular complexity index is 602. The van der Waals surface area contributed by atoms with Crippen molar-refractivity contribution in [3.63, 3.8) is 0 Å². The van der Waals surface area contributed by atoms with Gasteiger partial charge in [-0.05, 0) is 69.4 Å². The normalized spacial score (nSPS) is 21.7. The first kappa shape index (κ1) is 19.2. The number of carbonyl (C=O) groups is 1. The summed E-state index contributed by atoms with van der Waals surface area (Å²) in [6.07, 6.45) is 14.9. The molecule has 0 aromatic heterocycles. The zero-order chi connectivity index (χ0) is 18.5. The fourth-order valence-electron chi connectivity index (χ4n) is 4.65. The average Bonchev–Trinajstić information content (AvgIpc) is 2.68. The Hall–Kier alpha value is -1.57. The Kier molecular flexibility index (Phi) is 6.21. The molecule has 1 aromatic rings. The van der Waals surface area contributed by atoms with Gasteiger partial charge in [-0.15, -0.1) is 6.58 Å². The van der Waals surface area contributed by atoms with Crippen LogP contribution in [0.5, 0.6) is 0 Å². The molecule has 2 heteroatoms. The van der Waals surface area contributed by atoms with Crippen LogP contribution in [0.1, 0.15) is 88.7 Å². The maximum atomic E-state index is 13.1. The van der Waals surface area contributed by atoms with Crippen LogP contribution in [0.3, 0.4) is 0 Å². The molecule has 1 aromatic carbocycles. The Morgan fingerprint density at radius 3 is 2.15 bits per heavy atom. The van der Waals surface area contributed by atoms with Gasteiger partial charge in [0.15, 0.2) is 0 Å². The smallest absolute Gasteiger partial charge is 0.312 e. The third kappa shape index (κ3) is 4.22. The Labute approximate surface area is 159 Å². The lowest BCUT2D eigenvalue weighted by Crippen LogP contribution is -2.41. The van der Waals surface area contributed by atoms with Crippen molar-refractivity contribution in [3.05, 3.63) is 48.0 Å². The summed E-state index contributed by atoms with van der Waals surface area (Å²) in [7, 11) is 0. The van der Waals surface area contributed by atoms with Gasteiger partial charge < -0.3 is 4.74 Å². The summed E-state index contributed by atoms with van der Waals surface area (Å²) in [5, 5.41) is 0. The minimum atomic E-state index is -0.410. The Morgan fingerprint density at radius 1 is 1.00 bits per heavy atom. The van der Waals surface area contributed by atoms with Crippen LogP contribution in [0.4, 0.5) is 0 Å². The van der Waals surface area contributed by atoms with E-state index >= 15 is 0 Å². The van der Waals surface area contributed by atoms with E-state index in [0.717, 1.165) is 64.2 Å². The SMILES string of the molecule is C=CCCc1ccc(C2(OC(=O)C3(C)CCCCC3)CCCCC2)cc1. The van der Waals surface area contributed by atoms with Gasteiger partial charge in [0.1, 0.15) is 5.60 Å². The van der Waals surface area contributed by atoms with Gasteiger partial charge in [-0.25, -0.2) is 0 Å². The van der Waals surface area contributed by atoms with E-state index < -0.39 is 5.60 Å². The topological polar surface area (TPSA) is 26.3 Å². The molecule has 0 amide bonds. The zero-order valence-corrected chi connectivity index (χ0v) is 16.4. The van der Waals surface area contributed by atoms with E-state index in [1.54, 1.807) is 0 Å². The second kappa shape index (κ2) is 8.41. The highest BCUT2D eigenvalue weighted by Crippen LogP contribution is 2.44. The molecular formula is C24H34O2. The molecule has 3 rings (SSSR count). The molecule has 0 aliphatic heterocycles. The molecular weight excluding hydrogens is 320 g/mol. The lowest BCUT2D eigenvalue weighted by Gasteiger charge is -2.41. The van der Waals surface area contributed by atoms with E-state index in [0.29, 0.717) is 0 Å². The minimum Gasteiger partial charge on any atom is -0.454 e. The monoisotopic (exact) mass is 354 g/mol. The highest BCUT2D eigenvalue weighted by Gasteiger charge is 2.43. The molecule has 0 saturated heterocycles. The van der Waals surface area contributed by atoms with Crippen LogP contribution in [0.15, 0.2) is 36.9 Å². The van der Waals surface area contributed by atoms with Gasteiger partial charge in [0.05, 0.1) is 5.41 Å². The van der Waals surface area contributed by atoms with E-state index in [-0.39, 0.29) is 11.4 Å². The molecule has 2 fully saturated rings. The van der Waals surface area contributed by atoms with Crippen LogP contribution >= 0.6 is 0 Å². The molecule has 142 valence electrons. The number of esters is 1. The maximum absolute atomic E-state index is 13.1. The third-order valence-corrected chi connectivity index (χ3v) is 6.52. The molecule has 2 saturated carbocycles. The fraction of sp³-hybridized carbons (Fsp3) is 0.625. The van der Waals surface area contributed by atoms with Gasteiger partial charge in [-0.3, -0.25) is 4.79 Å². The van der Waals surface area contributed by atoms with Crippen molar-refractivity contribution in [1.29, 1.82) is 0 Å². The number of benzene rings is 1. The highest BCUT2D eigenvalue weighted by molar-refractivity contribution is 5.77. The standard InChI is InChI=1S/C24H34O2/c1-3-4-11-20-12-14-21(15-13-20)24(18-9-6-10-19-24)26-22(25)23(2)16-7-5-8-17-23/h3,12-15H,1,4-11,16-19H2,2H3. The molecule has 0 radical (unpaired) electrons. The molecule has 0 unspecified atom stereocenters. The zero-order valence-electron chi connectivity index (χ0n) is 16.4. The largest absolute Gasteiger partial charge is 0.454 e. The molecule has 0 bridgehead atoms. The van der Waals surface area contributed by atoms with Crippen molar-refractivity contribution >= 4 is 5.97 Å². The van der Waals surface area contributed by atoms with E-state index in [4.69, 9.17) is 4.74 Å². The first-order valence-corrected chi connectivity index (χ1v) is 10.5. The molecule has 2 aliphatic carbocycles. The van der Waals surface area contributed by atoms with Crippen LogP contribution in [0, 0.1) is 5.41 Å². The summed E-state index contributed by atoms with van der Waals surface area (Å²) in [6.45, 7) is 5.92. The predicted molar refractivity (Wildman–Crippen MR) is 107 cm³/mol. The fourth-order valence-corrected chi connectivity index (χ4v) is 4.65. The first-order valence-electron chi connectivity index (χ1n) is 10.5. The van der Waals surface area contributed by atoms with Crippen molar-refractivity contribution in [3.8, 4) is 0 Å². The second-order valence-electron chi connectivity index (χ2n) is 8.59. The Morgan fingerprint density at radius 2 is 1.58 bits per heavy atom. The maximum Gasteiger partial charge on any atom is 0.312 e. The number of hydrogen-bond acceptors (Lipinski definition) is 2. The first-order chi connectivity index (χ1) is 12.6. The Balaban J connectivity index is 1.79. The number of ether oxygens (including phenoxy) is 1. The third-order valence-electron chi connectivity index (χ3n) is 6.52. The molecule has 0 heterocycles. The van der Waals surface area contributed by atoms with Crippen LogP contribution in [0.2, 0.25) is 0 Å². The molecule has 0 spiro atoms. The van der Waals surface area contributed by atoms with Crippen LogP contribution in [0.25, 0.3) is 0 Å². The van der Waals surface area contributed by atoms with Gasteiger partial charge in [-0.2, -0.15) is 0 Å². The van der Waals surface area contributed by atoms with Gasteiger partial charge >= 0.3 is 5.97 Å². The summed E-state index contributed by atoms with van der Waals surface area (Å²) in [5.74, 6) is 0.0369. The van der Waals surface area contributed by atoms with Crippen molar-refractivity contribution in [2.24, 2.45) is 5.41 Å². The van der Waals surface area contributed by atoms with Gasteiger partial charge in [0.2, 0.25) is 0 Å². The number of aryl methyl sites for hydroxylation is 1. The number of carbonyl (C=O) groups excluding carboxylic acids is 1. The molecule has 2 aliphatic rings. The van der Waals surface area contributed by atoms with Crippen molar-refractivity contribution in [2.45, 2.75) is 89.6 Å². The molecule has 26 heavy (non-hydrogen) atoms.